The first-order valence-electron chi connectivity index (χ1n) is 6.19. The average Bonchev–Trinajstić information content (AvgIpc) is 2.88. The first kappa shape index (κ1) is 15.5. The Hall–Kier alpha value is -1.86. The molecule has 2 rings (SSSR count). The second kappa shape index (κ2) is 6.73. The molecule has 112 valence electrons. The summed E-state index contributed by atoms with van der Waals surface area (Å²) in [5, 5.41) is 11.6. The van der Waals surface area contributed by atoms with Gasteiger partial charge in [0.15, 0.2) is 12.4 Å². The molecular weight excluding hydrogens is 317 g/mol. The van der Waals surface area contributed by atoms with Crippen LogP contribution in [0.15, 0.2) is 12.1 Å². The molecule has 1 heterocycles. The zero-order chi connectivity index (χ0) is 15.4. The maximum atomic E-state index is 12.0. The summed E-state index contributed by atoms with van der Waals surface area (Å²) in [6.45, 7) is 2.58. The Morgan fingerprint density at radius 2 is 2.19 bits per heavy atom. The van der Waals surface area contributed by atoms with Crippen LogP contribution < -0.4 is 5.73 Å². The third kappa shape index (κ3) is 3.62. The summed E-state index contributed by atoms with van der Waals surface area (Å²) in [7, 11) is 0. The molecule has 1 aromatic carbocycles. The smallest absolute Gasteiger partial charge is 0.340 e. The lowest BCUT2D eigenvalue weighted by molar-refractivity contribution is 0.0457. The number of anilines is 1. The molecule has 1 aromatic heterocycles. The Bertz CT molecular complexity index is 659. The molecular formula is C12H13Cl2N5O2. The highest BCUT2D eigenvalue weighted by atomic mass is 35.5. The van der Waals surface area contributed by atoms with Gasteiger partial charge >= 0.3 is 5.97 Å². The second-order valence-electron chi connectivity index (χ2n) is 4.24. The number of ether oxygens (including phenoxy) is 1. The summed E-state index contributed by atoms with van der Waals surface area (Å²) in [5.41, 5.74) is 5.98. The third-order valence-corrected chi connectivity index (χ3v) is 3.22. The second-order valence-corrected chi connectivity index (χ2v) is 5.09. The van der Waals surface area contributed by atoms with E-state index >= 15 is 0 Å². The van der Waals surface area contributed by atoms with Crippen molar-refractivity contribution < 1.29 is 9.53 Å². The van der Waals surface area contributed by atoms with Crippen LogP contribution in [0.4, 0.5) is 5.69 Å². The van der Waals surface area contributed by atoms with E-state index < -0.39 is 5.97 Å². The standard InChI is InChI=1S/C12H13Cl2N5O2/c1-2-3-19-10(16-17-18-19)6-21-12(20)8-4-7(13)5-9(14)11(8)15/h4-5H,2-3,6,15H2,1H3. The van der Waals surface area contributed by atoms with Crippen LogP contribution in [0.5, 0.6) is 0 Å². The third-order valence-electron chi connectivity index (χ3n) is 2.69. The molecule has 0 saturated heterocycles. The number of hydrogen-bond donors (Lipinski definition) is 1. The first-order valence-corrected chi connectivity index (χ1v) is 6.95. The number of carbonyl (C=O) groups excluding carboxylic acids is 1. The topological polar surface area (TPSA) is 95.9 Å². The van der Waals surface area contributed by atoms with Crippen molar-refractivity contribution in [3.8, 4) is 0 Å². The van der Waals surface area contributed by atoms with Crippen molar-refractivity contribution >= 4 is 34.9 Å². The number of benzene rings is 1. The van der Waals surface area contributed by atoms with Gasteiger partial charge in [-0.1, -0.05) is 30.1 Å². The zero-order valence-electron chi connectivity index (χ0n) is 11.2. The fourth-order valence-electron chi connectivity index (χ4n) is 1.67. The number of aryl methyl sites for hydroxylation is 1. The van der Waals surface area contributed by atoms with E-state index in [-0.39, 0.29) is 22.9 Å². The Morgan fingerprint density at radius 3 is 2.90 bits per heavy atom. The molecule has 21 heavy (non-hydrogen) atoms. The molecule has 0 aliphatic rings. The number of aromatic nitrogens is 4. The summed E-state index contributed by atoms with van der Waals surface area (Å²) in [6.07, 6.45) is 0.864. The number of rotatable bonds is 5. The molecule has 0 spiro atoms. The van der Waals surface area contributed by atoms with Gasteiger partial charge in [0.25, 0.3) is 0 Å². The van der Waals surface area contributed by atoms with Gasteiger partial charge in [0.05, 0.1) is 16.3 Å². The molecule has 0 fully saturated rings. The number of esters is 1. The van der Waals surface area contributed by atoms with E-state index in [1.807, 2.05) is 6.92 Å². The Morgan fingerprint density at radius 1 is 1.43 bits per heavy atom. The fraction of sp³-hybridized carbons (Fsp3) is 0.333. The number of nitrogens with two attached hydrogens (primary N) is 1. The van der Waals surface area contributed by atoms with Crippen molar-refractivity contribution in [1.29, 1.82) is 0 Å². The van der Waals surface area contributed by atoms with Gasteiger partial charge in [-0.05, 0) is 29.0 Å². The van der Waals surface area contributed by atoms with E-state index in [9.17, 15) is 4.79 Å². The van der Waals surface area contributed by atoms with Crippen molar-refractivity contribution in [3.63, 3.8) is 0 Å². The van der Waals surface area contributed by atoms with Crippen LogP contribution in [-0.4, -0.2) is 26.2 Å². The van der Waals surface area contributed by atoms with E-state index in [1.54, 1.807) is 4.68 Å². The van der Waals surface area contributed by atoms with Gasteiger partial charge in [0, 0.05) is 11.6 Å². The quantitative estimate of drug-likeness (QED) is 0.668. The monoisotopic (exact) mass is 329 g/mol. The van der Waals surface area contributed by atoms with Crippen LogP contribution >= 0.6 is 23.2 Å². The van der Waals surface area contributed by atoms with Crippen LogP contribution in [0.1, 0.15) is 29.5 Å². The molecule has 0 aliphatic heterocycles. The number of nitrogens with zero attached hydrogens (tertiary/aromatic N) is 4. The lowest BCUT2D eigenvalue weighted by Crippen LogP contribution is -2.12. The van der Waals surface area contributed by atoms with Gasteiger partial charge in [-0.15, -0.1) is 5.10 Å². The summed E-state index contributed by atoms with van der Waals surface area (Å²) in [6, 6.07) is 2.86. The number of tetrazole rings is 1. The minimum atomic E-state index is -0.636. The number of hydrogen-bond acceptors (Lipinski definition) is 6. The first-order chi connectivity index (χ1) is 10.0. The summed E-state index contributed by atoms with van der Waals surface area (Å²) in [5.74, 6) is -0.181. The molecule has 7 nitrogen and oxygen atoms in total. The van der Waals surface area contributed by atoms with Gasteiger partial charge in [-0.3, -0.25) is 0 Å². The average molecular weight is 330 g/mol. The molecule has 2 aromatic rings. The highest BCUT2D eigenvalue weighted by molar-refractivity contribution is 6.37. The van der Waals surface area contributed by atoms with E-state index in [0.29, 0.717) is 17.4 Å². The van der Waals surface area contributed by atoms with E-state index in [1.165, 1.54) is 12.1 Å². The van der Waals surface area contributed by atoms with Gasteiger partial charge in [-0.2, -0.15) is 0 Å². The minimum absolute atomic E-state index is 0.0601. The Labute approximate surface area is 131 Å². The molecule has 0 amide bonds. The number of carbonyl (C=O) groups is 1. The predicted molar refractivity (Wildman–Crippen MR) is 78.1 cm³/mol. The van der Waals surface area contributed by atoms with Crippen molar-refractivity contribution in [2.75, 3.05) is 5.73 Å². The van der Waals surface area contributed by atoms with Crippen molar-refractivity contribution in [1.82, 2.24) is 20.2 Å². The van der Waals surface area contributed by atoms with Gasteiger partial charge in [-0.25, -0.2) is 9.48 Å². The maximum Gasteiger partial charge on any atom is 0.340 e. The van der Waals surface area contributed by atoms with E-state index in [4.69, 9.17) is 33.7 Å². The molecule has 2 N–H and O–H groups in total. The number of nitrogen functional groups attached to an aromatic ring is 1. The molecule has 9 heteroatoms. The maximum absolute atomic E-state index is 12.0. The summed E-state index contributed by atoms with van der Waals surface area (Å²) >= 11 is 11.7. The summed E-state index contributed by atoms with van der Waals surface area (Å²) in [4.78, 5) is 12.0. The van der Waals surface area contributed by atoms with Crippen molar-refractivity contribution in [3.05, 3.63) is 33.6 Å². The Balaban J connectivity index is 2.10. The lowest BCUT2D eigenvalue weighted by atomic mass is 10.2. The minimum Gasteiger partial charge on any atom is -0.454 e. The van der Waals surface area contributed by atoms with E-state index in [2.05, 4.69) is 15.5 Å². The molecule has 0 aliphatic carbocycles. The fourth-order valence-corrected chi connectivity index (χ4v) is 2.17. The van der Waals surface area contributed by atoms with Crippen LogP contribution in [0.3, 0.4) is 0 Å². The van der Waals surface area contributed by atoms with Crippen molar-refractivity contribution in [2.45, 2.75) is 26.5 Å². The van der Waals surface area contributed by atoms with Gasteiger partial charge in [0.2, 0.25) is 0 Å². The normalized spacial score (nSPS) is 10.6. The SMILES string of the molecule is CCCn1nnnc1COC(=O)c1cc(Cl)cc(Cl)c1N. The zero-order valence-corrected chi connectivity index (χ0v) is 12.7. The highest BCUT2D eigenvalue weighted by Crippen LogP contribution is 2.28. The molecule has 0 bridgehead atoms. The van der Waals surface area contributed by atoms with Crippen molar-refractivity contribution in [2.24, 2.45) is 0 Å². The molecule has 0 unspecified atom stereocenters. The largest absolute Gasteiger partial charge is 0.454 e. The molecule has 0 saturated carbocycles. The van der Waals surface area contributed by atoms with Crippen LogP contribution in [-0.2, 0) is 17.9 Å². The van der Waals surface area contributed by atoms with Crippen LogP contribution in [0.2, 0.25) is 10.0 Å². The predicted octanol–water partition coefficient (Wildman–Crippen LogP) is 2.33. The highest BCUT2D eigenvalue weighted by Gasteiger charge is 2.16. The number of halogens is 2. The van der Waals surface area contributed by atoms with Gasteiger partial charge in [0.1, 0.15) is 0 Å². The van der Waals surface area contributed by atoms with Gasteiger partial charge < -0.3 is 10.5 Å². The van der Waals surface area contributed by atoms with Crippen LogP contribution in [0, 0.1) is 0 Å². The van der Waals surface area contributed by atoms with Crippen LogP contribution in [0.25, 0.3) is 0 Å². The summed E-state index contributed by atoms with van der Waals surface area (Å²) < 4.78 is 6.72. The lowest BCUT2D eigenvalue weighted by Gasteiger charge is -2.08. The Kier molecular flexibility index (Phi) is 4.98. The van der Waals surface area contributed by atoms with E-state index in [0.717, 1.165) is 6.42 Å². The molecule has 0 radical (unpaired) electrons. The molecule has 0 atom stereocenters.